The van der Waals surface area contributed by atoms with Crippen molar-refractivity contribution in [2.45, 2.75) is 18.8 Å². The minimum absolute atomic E-state index is 0.0000926. The number of hydrogen-bond donors (Lipinski definition) is 0. The molecule has 12 heavy (non-hydrogen) atoms. The van der Waals surface area contributed by atoms with Gasteiger partial charge in [0.15, 0.2) is 5.76 Å². The Bertz CT molecular complexity index is 230. The maximum Gasteiger partial charge on any atom is 0.217 e. The zero-order valence-electron chi connectivity index (χ0n) is 6.60. The van der Waals surface area contributed by atoms with Crippen LogP contribution in [0, 0.1) is 6.92 Å². The number of hydrogen-bond acceptors (Lipinski definition) is 3. The van der Waals surface area contributed by atoms with Crippen LogP contribution in [0.3, 0.4) is 0 Å². The molecule has 2 atom stereocenters. The maximum absolute atomic E-state index is 5.41. The zero-order chi connectivity index (χ0) is 8.39. The molecule has 2 radical (unpaired) electrons. The largest absolute Gasteiger partial charge is 0.464 e. The molecule has 1 aliphatic heterocycles. The van der Waals surface area contributed by atoms with Crippen LogP contribution < -0.4 is 0 Å². The lowest BCUT2D eigenvalue weighted by atomic mass is 10.3. The van der Waals surface area contributed by atoms with E-state index in [4.69, 9.17) is 20.8 Å². The average Bonchev–Trinajstić information content (AvgIpc) is 2.75. The summed E-state index contributed by atoms with van der Waals surface area (Å²) in [6.07, 6.45) is 1.71. The highest BCUT2D eigenvalue weighted by atomic mass is 16.7. The molecule has 2 rings (SSSR count). The van der Waals surface area contributed by atoms with Gasteiger partial charge in [-0.2, -0.15) is 0 Å². The number of ether oxygens (including phenoxy) is 2. The monoisotopic (exact) mass is 166 g/mol. The predicted molar refractivity (Wildman–Crippen MR) is 41.2 cm³/mol. The third-order valence-electron chi connectivity index (χ3n) is 1.79. The maximum atomic E-state index is 5.41. The molecule has 1 aromatic rings. The standard InChI is InChI=1S/C9H10O3/c1-2-7-6-11-9(12-7)8-4-3-5-10-8/h1,3-5,7,9H,2,6H2. The van der Waals surface area contributed by atoms with E-state index in [1.165, 1.54) is 0 Å². The van der Waals surface area contributed by atoms with Crippen LogP contribution in [0.25, 0.3) is 0 Å². The van der Waals surface area contributed by atoms with Crippen molar-refractivity contribution in [1.82, 2.24) is 0 Å². The van der Waals surface area contributed by atoms with E-state index in [-0.39, 0.29) is 12.4 Å². The SMILES string of the molecule is [CH]CC1COC(c2ccco2)O1. The molecule has 3 nitrogen and oxygen atoms in total. The summed E-state index contributed by atoms with van der Waals surface area (Å²) in [4.78, 5) is 0. The van der Waals surface area contributed by atoms with Gasteiger partial charge >= 0.3 is 0 Å². The summed E-state index contributed by atoms with van der Waals surface area (Å²) in [6, 6.07) is 3.63. The van der Waals surface area contributed by atoms with Gasteiger partial charge in [0, 0.05) is 0 Å². The lowest BCUT2D eigenvalue weighted by Crippen LogP contribution is -2.06. The van der Waals surface area contributed by atoms with Gasteiger partial charge in [-0.25, -0.2) is 0 Å². The zero-order valence-corrected chi connectivity index (χ0v) is 6.60. The molecule has 0 saturated carbocycles. The minimum atomic E-state index is -0.367. The Kier molecular flexibility index (Phi) is 2.15. The van der Waals surface area contributed by atoms with Crippen molar-refractivity contribution in [3.8, 4) is 0 Å². The Balaban J connectivity index is 2.00. The highest BCUT2D eigenvalue weighted by Gasteiger charge is 2.27. The van der Waals surface area contributed by atoms with E-state index in [0.717, 1.165) is 0 Å². The van der Waals surface area contributed by atoms with Gasteiger partial charge in [-0.1, -0.05) is 0 Å². The lowest BCUT2D eigenvalue weighted by molar-refractivity contribution is -0.0732. The van der Waals surface area contributed by atoms with Crippen LogP contribution >= 0.6 is 0 Å². The topological polar surface area (TPSA) is 31.6 Å². The summed E-state index contributed by atoms with van der Waals surface area (Å²) in [6.45, 7) is 5.96. The summed E-state index contributed by atoms with van der Waals surface area (Å²) in [5.74, 6) is 0.700. The van der Waals surface area contributed by atoms with Gasteiger partial charge in [-0.05, 0) is 25.5 Å². The summed E-state index contributed by atoms with van der Waals surface area (Å²) >= 11 is 0. The minimum Gasteiger partial charge on any atom is -0.464 e. The normalized spacial score (nSPS) is 29.4. The van der Waals surface area contributed by atoms with E-state index in [2.05, 4.69) is 0 Å². The average molecular weight is 166 g/mol. The second-order valence-corrected chi connectivity index (χ2v) is 2.67. The Labute approximate surface area is 71.3 Å². The quantitative estimate of drug-likeness (QED) is 0.671. The Morgan fingerprint density at radius 2 is 2.50 bits per heavy atom. The molecule has 0 amide bonds. The van der Waals surface area contributed by atoms with Gasteiger partial charge in [0.2, 0.25) is 6.29 Å². The van der Waals surface area contributed by atoms with Gasteiger partial charge < -0.3 is 13.9 Å². The molecule has 1 saturated heterocycles. The van der Waals surface area contributed by atoms with Crippen LogP contribution in [0.15, 0.2) is 22.8 Å². The van der Waals surface area contributed by atoms with Crippen molar-refractivity contribution in [2.75, 3.05) is 6.61 Å². The molecule has 1 fully saturated rings. The van der Waals surface area contributed by atoms with E-state index in [9.17, 15) is 0 Å². The third-order valence-corrected chi connectivity index (χ3v) is 1.79. The Hall–Kier alpha value is -0.800. The first-order valence-electron chi connectivity index (χ1n) is 3.90. The third kappa shape index (κ3) is 1.38. The molecule has 64 valence electrons. The molecule has 0 bridgehead atoms. The smallest absolute Gasteiger partial charge is 0.217 e. The van der Waals surface area contributed by atoms with E-state index in [1.54, 1.807) is 12.3 Å². The van der Waals surface area contributed by atoms with Crippen LogP contribution in [0.1, 0.15) is 18.5 Å². The number of furan rings is 1. The van der Waals surface area contributed by atoms with Crippen LogP contribution in [0.4, 0.5) is 0 Å². The van der Waals surface area contributed by atoms with E-state index in [0.29, 0.717) is 18.8 Å². The van der Waals surface area contributed by atoms with E-state index < -0.39 is 0 Å². The Morgan fingerprint density at radius 1 is 1.58 bits per heavy atom. The van der Waals surface area contributed by atoms with Crippen molar-refractivity contribution in [3.05, 3.63) is 31.1 Å². The van der Waals surface area contributed by atoms with Crippen LogP contribution in [0.2, 0.25) is 0 Å². The summed E-state index contributed by atoms with van der Waals surface area (Å²) < 4.78 is 15.8. The highest BCUT2D eigenvalue weighted by Crippen LogP contribution is 2.27. The second-order valence-electron chi connectivity index (χ2n) is 2.67. The first kappa shape index (κ1) is 7.83. The molecule has 0 spiro atoms. The van der Waals surface area contributed by atoms with E-state index in [1.807, 2.05) is 6.07 Å². The van der Waals surface area contributed by atoms with Crippen LogP contribution in [-0.2, 0) is 9.47 Å². The molecule has 3 heteroatoms. The van der Waals surface area contributed by atoms with Gasteiger partial charge in [-0.3, -0.25) is 0 Å². The lowest BCUT2D eigenvalue weighted by Gasteiger charge is -2.06. The van der Waals surface area contributed by atoms with Crippen LogP contribution in [0.5, 0.6) is 0 Å². The summed E-state index contributed by atoms with van der Waals surface area (Å²) in [5, 5.41) is 0. The van der Waals surface area contributed by atoms with Gasteiger partial charge in [0.1, 0.15) is 0 Å². The molecule has 0 N–H and O–H groups in total. The second kappa shape index (κ2) is 3.29. The first-order chi connectivity index (χ1) is 5.90. The van der Waals surface area contributed by atoms with Crippen molar-refractivity contribution < 1.29 is 13.9 Å². The Morgan fingerprint density at radius 3 is 3.08 bits per heavy atom. The fraction of sp³-hybridized carbons (Fsp3) is 0.444. The fourth-order valence-electron chi connectivity index (χ4n) is 1.15. The molecular weight excluding hydrogens is 156 g/mol. The van der Waals surface area contributed by atoms with Crippen molar-refractivity contribution >= 4 is 0 Å². The van der Waals surface area contributed by atoms with Gasteiger partial charge in [0.25, 0.3) is 0 Å². The molecule has 1 aliphatic rings. The van der Waals surface area contributed by atoms with Gasteiger partial charge in [-0.15, -0.1) is 0 Å². The number of rotatable bonds is 2. The molecule has 0 aromatic carbocycles. The molecule has 2 unspecified atom stereocenters. The van der Waals surface area contributed by atoms with Gasteiger partial charge in [0.05, 0.1) is 19.0 Å². The van der Waals surface area contributed by atoms with E-state index >= 15 is 0 Å². The summed E-state index contributed by atoms with van der Waals surface area (Å²) in [5.41, 5.74) is 0. The molecule has 0 aliphatic carbocycles. The molecular formula is C9H10O3. The fourth-order valence-corrected chi connectivity index (χ4v) is 1.15. The highest BCUT2D eigenvalue weighted by molar-refractivity contribution is 5.00. The van der Waals surface area contributed by atoms with Crippen LogP contribution in [-0.4, -0.2) is 12.7 Å². The molecule has 2 heterocycles. The van der Waals surface area contributed by atoms with Crippen molar-refractivity contribution in [2.24, 2.45) is 0 Å². The summed E-state index contributed by atoms with van der Waals surface area (Å²) in [7, 11) is 0. The van der Waals surface area contributed by atoms with Crippen molar-refractivity contribution in [3.63, 3.8) is 0 Å². The first-order valence-corrected chi connectivity index (χ1v) is 3.90. The van der Waals surface area contributed by atoms with Crippen molar-refractivity contribution in [1.29, 1.82) is 0 Å². The predicted octanol–water partition coefficient (Wildman–Crippen LogP) is 1.79. The molecule has 1 aromatic heterocycles.